The highest BCUT2D eigenvalue weighted by molar-refractivity contribution is 5.28. The summed E-state index contributed by atoms with van der Waals surface area (Å²) in [5, 5.41) is 46.4. The summed E-state index contributed by atoms with van der Waals surface area (Å²) in [5.74, 6) is 0.575. The van der Waals surface area contributed by atoms with Crippen LogP contribution in [0, 0.1) is 0 Å². The van der Waals surface area contributed by atoms with Crippen LogP contribution in [0.1, 0.15) is 23.5 Å². The van der Waals surface area contributed by atoms with Gasteiger partial charge in [0.2, 0.25) is 0 Å². The van der Waals surface area contributed by atoms with Crippen molar-refractivity contribution in [1.82, 2.24) is 15.0 Å². The Morgan fingerprint density at radius 1 is 1.27 bits per heavy atom. The van der Waals surface area contributed by atoms with Crippen molar-refractivity contribution in [1.29, 1.82) is 0 Å². The molecule has 1 aromatic heterocycles. The summed E-state index contributed by atoms with van der Waals surface area (Å²) in [5.41, 5.74) is 6.48. The fraction of sp³-hybridized carbons (Fsp3) is 0.500. The second-order valence-electron chi connectivity index (χ2n) is 6.10. The summed E-state index contributed by atoms with van der Waals surface area (Å²) in [6.07, 6.45) is -2.59. The minimum absolute atomic E-state index is 0.0932. The lowest BCUT2D eigenvalue weighted by Crippen LogP contribution is -2.52. The van der Waals surface area contributed by atoms with E-state index in [9.17, 15) is 15.3 Å². The molecule has 0 bridgehead atoms. The predicted molar refractivity (Wildman–Crippen MR) is 87.8 cm³/mol. The Bertz CT molecular complexity index is 707. The summed E-state index contributed by atoms with van der Waals surface area (Å²) in [6, 6.07) is 6.07. The molecule has 142 valence electrons. The molecule has 1 aliphatic heterocycles. The monoisotopic (exact) mass is 366 g/mol. The molecule has 0 saturated carbocycles. The Morgan fingerprint density at radius 3 is 2.65 bits per heavy atom. The van der Waals surface area contributed by atoms with Crippen LogP contribution in [-0.4, -0.2) is 66.9 Å². The van der Waals surface area contributed by atoms with E-state index in [1.54, 1.807) is 30.5 Å². The van der Waals surface area contributed by atoms with Crippen molar-refractivity contribution < 1.29 is 29.9 Å². The lowest BCUT2D eigenvalue weighted by Gasteiger charge is -2.36. The van der Waals surface area contributed by atoms with E-state index in [-0.39, 0.29) is 19.8 Å². The van der Waals surface area contributed by atoms with Crippen molar-refractivity contribution in [2.75, 3.05) is 13.2 Å². The molecule has 5 atom stereocenters. The van der Waals surface area contributed by atoms with Crippen LogP contribution >= 0.6 is 0 Å². The molecule has 2 heterocycles. The first-order chi connectivity index (χ1) is 12.5. The lowest BCUT2D eigenvalue weighted by atomic mass is 9.98. The van der Waals surface area contributed by atoms with Crippen molar-refractivity contribution in [2.45, 2.75) is 37.2 Å². The van der Waals surface area contributed by atoms with Crippen LogP contribution in [0.5, 0.6) is 5.75 Å². The van der Waals surface area contributed by atoms with Crippen LogP contribution in [0.2, 0.25) is 0 Å². The predicted octanol–water partition coefficient (Wildman–Crippen LogP) is -1.54. The van der Waals surface area contributed by atoms with Gasteiger partial charge in [-0.3, -0.25) is 0 Å². The number of ether oxygens (including phenoxy) is 2. The molecule has 2 aromatic rings. The third-order valence-corrected chi connectivity index (χ3v) is 4.29. The van der Waals surface area contributed by atoms with Crippen LogP contribution in [0.25, 0.3) is 0 Å². The van der Waals surface area contributed by atoms with Gasteiger partial charge in [0.25, 0.3) is 0 Å². The van der Waals surface area contributed by atoms with Gasteiger partial charge in [-0.2, -0.15) is 0 Å². The average Bonchev–Trinajstić information content (AvgIpc) is 3.11. The van der Waals surface area contributed by atoms with E-state index in [0.29, 0.717) is 17.0 Å². The number of rotatable bonds is 6. The van der Waals surface area contributed by atoms with Gasteiger partial charge in [-0.1, -0.05) is 17.3 Å². The number of nitrogens with two attached hydrogens (primary N) is 1. The Labute approximate surface area is 149 Å². The zero-order valence-electron chi connectivity index (χ0n) is 13.9. The maximum Gasteiger partial charge on any atom is 0.134 e. The van der Waals surface area contributed by atoms with Crippen molar-refractivity contribution in [3.8, 4) is 5.75 Å². The normalized spacial score (nSPS) is 27.3. The summed E-state index contributed by atoms with van der Waals surface area (Å²) in [6.45, 7) is -0.132. The molecule has 0 radical (unpaired) electrons. The smallest absolute Gasteiger partial charge is 0.134 e. The minimum Gasteiger partial charge on any atom is -0.487 e. The molecule has 1 saturated heterocycles. The molecule has 1 fully saturated rings. The Morgan fingerprint density at radius 2 is 2.00 bits per heavy atom. The van der Waals surface area contributed by atoms with Gasteiger partial charge in [0.15, 0.2) is 0 Å². The zero-order chi connectivity index (χ0) is 18.7. The van der Waals surface area contributed by atoms with Crippen LogP contribution in [-0.2, 0) is 11.3 Å². The third kappa shape index (κ3) is 4.01. The van der Waals surface area contributed by atoms with Gasteiger partial charge in [0.05, 0.1) is 19.4 Å². The number of hydrogen-bond donors (Lipinski definition) is 5. The minimum atomic E-state index is -1.21. The molecule has 0 aliphatic carbocycles. The molecule has 1 aliphatic rings. The van der Waals surface area contributed by atoms with E-state index < -0.39 is 30.6 Å². The highest BCUT2D eigenvalue weighted by atomic mass is 16.5. The van der Waals surface area contributed by atoms with E-state index in [2.05, 4.69) is 10.3 Å². The molecule has 6 N–H and O–H groups in total. The Hall–Kier alpha value is -2.08. The van der Waals surface area contributed by atoms with Crippen molar-refractivity contribution in [2.24, 2.45) is 5.73 Å². The summed E-state index contributed by atoms with van der Waals surface area (Å²) >= 11 is 0. The van der Waals surface area contributed by atoms with Crippen molar-refractivity contribution in [3.63, 3.8) is 0 Å². The Balaban J connectivity index is 1.59. The van der Waals surface area contributed by atoms with Crippen LogP contribution in [0.15, 0.2) is 30.5 Å². The first kappa shape index (κ1) is 18.7. The van der Waals surface area contributed by atoms with Crippen molar-refractivity contribution in [3.05, 3.63) is 41.7 Å². The van der Waals surface area contributed by atoms with Gasteiger partial charge in [-0.05, 0) is 17.7 Å². The number of nitrogens with zero attached hydrogens (tertiary/aromatic N) is 3. The van der Waals surface area contributed by atoms with Gasteiger partial charge >= 0.3 is 0 Å². The second kappa shape index (κ2) is 8.08. The molecule has 10 nitrogen and oxygen atoms in total. The van der Waals surface area contributed by atoms with E-state index in [1.165, 1.54) is 4.68 Å². The number of hydrogen-bond acceptors (Lipinski definition) is 9. The lowest BCUT2D eigenvalue weighted by molar-refractivity contribution is -0.171. The van der Waals surface area contributed by atoms with Crippen LogP contribution < -0.4 is 10.5 Å². The molecule has 0 amide bonds. The zero-order valence-corrected chi connectivity index (χ0v) is 13.9. The highest BCUT2D eigenvalue weighted by Crippen LogP contribution is 2.24. The van der Waals surface area contributed by atoms with Gasteiger partial charge in [0.1, 0.15) is 48.6 Å². The number of benzene rings is 1. The van der Waals surface area contributed by atoms with E-state index in [4.69, 9.17) is 20.3 Å². The van der Waals surface area contributed by atoms with Gasteiger partial charge < -0.3 is 35.6 Å². The van der Waals surface area contributed by atoms with Crippen molar-refractivity contribution >= 4 is 0 Å². The maximum absolute atomic E-state index is 10.2. The maximum atomic E-state index is 10.2. The fourth-order valence-corrected chi connectivity index (χ4v) is 2.72. The molecule has 1 aromatic carbocycles. The summed E-state index contributed by atoms with van der Waals surface area (Å²) < 4.78 is 12.3. The average molecular weight is 366 g/mol. The molecular weight excluding hydrogens is 344 g/mol. The van der Waals surface area contributed by atoms with Gasteiger partial charge in [-0.25, -0.2) is 4.68 Å². The number of aromatic nitrogens is 3. The van der Waals surface area contributed by atoms with Crippen LogP contribution in [0.3, 0.4) is 0 Å². The van der Waals surface area contributed by atoms with Gasteiger partial charge in [0, 0.05) is 0 Å². The molecule has 1 unspecified atom stereocenters. The largest absolute Gasteiger partial charge is 0.487 e. The standard InChI is InChI=1S/C16H22N4O6/c17-16(24)9-1-3-11(4-2-9)25-7-10-5-20(19-18-10)12-8-26-13(6-21)15(23)14(12)22/h1-5,12-16,21-24H,6-8,17H2/t12-,13+,14+,15-,16?/m0/s1. The second-order valence-corrected chi connectivity index (χ2v) is 6.10. The Kier molecular flexibility index (Phi) is 5.81. The van der Waals surface area contributed by atoms with E-state index >= 15 is 0 Å². The van der Waals surface area contributed by atoms with E-state index in [0.717, 1.165) is 0 Å². The number of aliphatic hydroxyl groups is 4. The summed E-state index contributed by atoms with van der Waals surface area (Å²) in [4.78, 5) is 0. The van der Waals surface area contributed by atoms with Crippen LogP contribution in [0.4, 0.5) is 0 Å². The first-order valence-electron chi connectivity index (χ1n) is 8.15. The molecule has 26 heavy (non-hydrogen) atoms. The summed E-state index contributed by atoms with van der Waals surface area (Å²) in [7, 11) is 0. The topological polar surface area (TPSA) is 156 Å². The fourth-order valence-electron chi connectivity index (χ4n) is 2.72. The third-order valence-electron chi connectivity index (χ3n) is 4.29. The first-order valence-corrected chi connectivity index (χ1v) is 8.15. The van der Waals surface area contributed by atoms with Gasteiger partial charge in [-0.15, -0.1) is 5.10 Å². The quantitative estimate of drug-likeness (QED) is 0.382. The molecule has 10 heteroatoms. The highest BCUT2D eigenvalue weighted by Gasteiger charge is 2.39. The van der Waals surface area contributed by atoms with E-state index in [1.807, 2.05) is 0 Å². The molecular formula is C16H22N4O6. The SMILES string of the molecule is NC(O)c1ccc(OCc2cn([C@H]3CO[C@H](CO)[C@H](O)[C@@H]3O)nn2)cc1. The molecule has 0 spiro atoms. The number of aliphatic hydroxyl groups excluding tert-OH is 4. The molecule has 3 rings (SSSR count).